The van der Waals surface area contributed by atoms with E-state index in [1.807, 2.05) is 41.4 Å². The van der Waals surface area contributed by atoms with Crippen LogP contribution in [0.2, 0.25) is 0 Å². The van der Waals surface area contributed by atoms with Crippen molar-refractivity contribution in [2.45, 2.75) is 31.7 Å². The highest BCUT2D eigenvalue weighted by Crippen LogP contribution is 2.37. The van der Waals surface area contributed by atoms with Crippen LogP contribution >= 0.6 is 0 Å². The Morgan fingerprint density at radius 3 is 2.79 bits per heavy atom. The van der Waals surface area contributed by atoms with Crippen LogP contribution in [0.4, 0.5) is 0 Å². The van der Waals surface area contributed by atoms with Crippen molar-refractivity contribution in [3.8, 4) is 11.5 Å². The molecule has 0 saturated carbocycles. The highest BCUT2D eigenvalue weighted by molar-refractivity contribution is 5.84. The van der Waals surface area contributed by atoms with Crippen LogP contribution in [0.15, 0.2) is 48.7 Å². The normalized spacial score (nSPS) is 16.5. The molecule has 4 rings (SSSR count). The van der Waals surface area contributed by atoms with Crippen molar-refractivity contribution in [3.63, 3.8) is 0 Å². The molecular weight excluding hydrogens is 352 g/mol. The van der Waals surface area contributed by atoms with E-state index >= 15 is 0 Å². The number of para-hydroxylation sites is 1. The third-order valence-corrected chi connectivity index (χ3v) is 5.65. The molecule has 1 aliphatic rings. The summed E-state index contributed by atoms with van der Waals surface area (Å²) in [6, 6.07) is 14.3. The van der Waals surface area contributed by atoms with Gasteiger partial charge in [0.25, 0.3) is 0 Å². The number of fused-ring (bicyclic) bond motifs is 1. The molecule has 1 atom stereocenters. The van der Waals surface area contributed by atoms with Crippen LogP contribution in [0, 0.1) is 0 Å². The number of H-pyrrole nitrogens is 1. The summed E-state index contributed by atoms with van der Waals surface area (Å²) in [6.45, 7) is 0.811. The van der Waals surface area contributed by atoms with E-state index in [4.69, 9.17) is 9.47 Å². The number of carbonyl (C=O) groups is 1. The van der Waals surface area contributed by atoms with E-state index in [0.29, 0.717) is 17.9 Å². The number of nitrogens with one attached hydrogen (secondary N) is 1. The van der Waals surface area contributed by atoms with E-state index < -0.39 is 0 Å². The molecule has 1 N–H and O–H groups in total. The summed E-state index contributed by atoms with van der Waals surface area (Å²) in [6.07, 6.45) is 5.30. The monoisotopic (exact) mass is 378 g/mol. The van der Waals surface area contributed by atoms with E-state index in [-0.39, 0.29) is 11.9 Å². The van der Waals surface area contributed by atoms with Crippen molar-refractivity contribution < 1.29 is 14.3 Å². The van der Waals surface area contributed by atoms with E-state index in [2.05, 4.69) is 17.1 Å². The first-order valence-corrected chi connectivity index (χ1v) is 9.77. The molecule has 2 aromatic carbocycles. The smallest absolute Gasteiger partial charge is 0.223 e. The maximum Gasteiger partial charge on any atom is 0.223 e. The fourth-order valence-electron chi connectivity index (χ4n) is 4.20. The lowest BCUT2D eigenvalue weighted by molar-refractivity contribution is -0.132. The maximum absolute atomic E-state index is 13.0. The first kappa shape index (κ1) is 18.4. The number of methoxy groups -OCH3 is 2. The molecular formula is C23H26N2O3. The zero-order valence-electron chi connectivity index (χ0n) is 16.4. The quantitative estimate of drug-likeness (QED) is 0.688. The van der Waals surface area contributed by atoms with Gasteiger partial charge in [-0.15, -0.1) is 0 Å². The lowest BCUT2D eigenvalue weighted by Crippen LogP contribution is -2.30. The number of likely N-dealkylation sites (tertiary alicyclic amines) is 1. The lowest BCUT2D eigenvalue weighted by Gasteiger charge is -2.26. The van der Waals surface area contributed by atoms with Crippen molar-refractivity contribution >= 4 is 16.8 Å². The summed E-state index contributed by atoms with van der Waals surface area (Å²) >= 11 is 0. The van der Waals surface area contributed by atoms with Gasteiger partial charge in [0.15, 0.2) is 11.5 Å². The molecule has 3 aromatic rings. The zero-order valence-corrected chi connectivity index (χ0v) is 16.4. The van der Waals surface area contributed by atoms with Gasteiger partial charge in [-0.3, -0.25) is 4.79 Å². The minimum absolute atomic E-state index is 0.107. The third-order valence-electron chi connectivity index (χ3n) is 5.65. The van der Waals surface area contributed by atoms with Crippen LogP contribution in [-0.4, -0.2) is 36.6 Å². The van der Waals surface area contributed by atoms with Crippen LogP contribution < -0.4 is 9.47 Å². The second-order valence-corrected chi connectivity index (χ2v) is 7.22. The summed E-state index contributed by atoms with van der Waals surface area (Å²) < 4.78 is 10.8. The van der Waals surface area contributed by atoms with Crippen LogP contribution in [0.1, 0.15) is 36.4 Å². The van der Waals surface area contributed by atoms with Gasteiger partial charge in [-0.2, -0.15) is 0 Å². The molecule has 1 amide bonds. The Morgan fingerprint density at radius 1 is 1.14 bits per heavy atom. The van der Waals surface area contributed by atoms with Crippen LogP contribution in [-0.2, 0) is 11.2 Å². The minimum Gasteiger partial charge on any atom is -0.493 e. The number of benzene rings is 2. The number of ether oxygens (including phenoxy) is 2. The number of aromatic nitrogens is 1. The number of nitrogens with zero attached hydrogens (tertiary/aromatic N) is 1. The topological polar surface area (TPSA) is 54.6 Å². The van der Waals surface area contributed by atoms with Gasteiger partial charge in [0.1, 0.15) is 0 Å². The first-order valence-electron chi connectivity index (χ1n) is 9.77. The molecule has 0 bridgehead atoms. The number of amides is 1. The molecule has 28 heavy (non-hydrogen) atoms. The number of aromatic amines is 1. The minimum atomic E-state index is 0.107. The lowest BCUT2D eigenvalue weighted by atomic mass is 10.0. The predicted octanol–water partition coefficient (Wildman–Crippen LogP) is 4.48. The fourth-order valence-corrected chi connectivity index (χ4v) is 4.20. The van der Waals surface area contributed by atoms with Crippen LogP contribution in [0.5, 0.6) is 11.5 Å². The molecule has 146 valence electrons. The van der Waals surface area contributed by atoms with Crippen molar-refractivity contribution in [2.24, 2.45) is 0 Å². The van der Waals surface area contributed by atoms with Gasteiger partial charge in [0, 0.05) is 30.1 Å². The number of hydrogen-bond donors (Lipinski definition) is 1. The summed E-state index contributed by atoms with van der Waals surface area (Å²) in [5, 5.41) is 1.20. The van der Waals surface area contributed by atoms with Gasteiger partial charge in [0.2, 0.25) is 5.91 Å². The molecule has 5 nitrogen and oxygen atoms in total. The van der Waals surface area contributed by atoms with E-state index in [1.54, 1.807) is 14.2 Å². The Morgan fingerprint density at radius 2 is 1.96 bits per heavy atom. The molecule has 1 saturated heterocycles. The van der Waals surface area contributed by atoms with Gasteiger partial charge >= 0.3 is 0 Å². The fraction of sp³-hybridized carbons (Fsp3) is 0.348. The molecule has 5 heteroatoms. The molecule has 1 fully saturated rings. The van der Waals surface area contributed by atoms with Gasteiger partial charge in [-0.05, 0) is 48.6 Å². The largest absolute Gasteiger partial charge is 0.493 e. The van der Waals surface area contributed by atoms with Crippen molar-refractivity contribution in [3.05, 3.63) is 59.8 Å². The molecule has 0 spiro atoms. The Hall–Kier alpha value is -2.95. The highest BCUT2D eigenvalue weighted by atomic mass is 16.5. The van der Waals surface area contributed by atoms with Crippen molar-refractivity contribution in [1.82, 2.24) is 9.88 Å². The molecule has 0 aliphatic carbocycles. The SMILES string of the molecule is COc1ccc([C@@H]2CCCN2C(=O)CCc2c[nH]c3ccccc23)cc1OC. The molecule has 1 aromatic heterocycles. The number of hydrogen-bond acceptors (Lipinski definition) is 3. The molecule has 2 heterocycles. The summed E-state index contributed by atoms with van der Waals surface area (Å²) in [5.41, 5.74) is 3.43. The Balaban J connectivity index is 1.48. The Labute approximate surface area is 165 Å². The second-order valence-electron chi connectivity index (χ2n) is 7.22. The predicted molar refractivity (Wildman–Crippen MR) is 110 cm³/mol. The average Bonchev–Trinajstić information content (AvgIpc) is 3.39. The number of carbonyl (C=O) groups excluding carboxylic acids is 1. The third kappa shape index (κ3) is 3.44. The zero-order chi connectivity index (χ0) is 19.5. The standard InChI is InChI=1S/C23H26N2O3/c1-27-21-11-9-16(14-22(21)28-2)20-8-5-13-25(20)23(26)12-10-17-15-24-19-7-4-3-6-18(17)19/h3-4,6-7,9,11,14-15,20,24H,5,8,10,12-13H2,1-2H3/t20-/m0/s1. The van der Waals surface area contributed by atoms with E-state index in [1.165, 1.54) is 10.9 Å². The van der Waals surface area contributed by atoms with E-state index in [0.717, 1.165) is 36.9 Å². The molecule has 1 aliphatic heterocycles. The van der Waals surface area contributed by atoms with Crippen molar-refractivity contribution in [2.75, 3.05) is 20.8 Å². The summed E-state index contributed by atoms with van der Waals surface area (Å²) in [4.78, 5) is 18.3. The molecule has 0 unspecified atom stereocenters. The number of rotatable bonds is 6. The molecule has 0 radical (unpaired) electrons. The van der Waals surface area contributed by atoms with E-state index in [9.17, 15) is 4.79 Å². The van der Waals surface area contributed by atoms with Crippen LogP contribution in [0.3, 0.4) is 0 Å². The highest BCUT2D eigenvalue weighted by Gasteiger charge is 2.30. The second kappa shape index (κ2) is 7.97. The maximum atomic E-state index is 13.0. The van der Waals surface area contributed by atoms with Gasteiger partial charge in [0.05, 0.1) is 20.3 Å². The van der Waals surface area contributed by atoms with Gasteiger partial charge in [-0.25, -0.2) is 0 Å². The van der Waals surface area contributed by atoms with Crippen molar-refractivity contribution in [1.29, 1.82) is 0 Å². The van der Waals surface area contributed by atoms with Crippen LogP contribution in [0.25, 0.3) is 10.9 Å². The van der Waals surface area contributed by atoms with Gasteiger partial charge < -0.3 is 19.4 Å². The Kier molecular flexibility index (Phi) is 5.24. The first-order chi connectivity index (χ1) is 13.7. The summed E-state index contributed by atoms with van der Waals surface area (Å²) in [7, 11) is 3.27. The average molecular weight is 378 g/mol. The summed E-state index contributed by atoms with van der Waals surface area (Å²) in [5.74, 6) is 1.63. The number of aryl methyl sites for hydroxylation is 1. The Bertz CT molecular complexity index is 979. The van der Waals surface area contributed by atoms with Gasteiger partial charge in [-0.1, -0.05) is 24.3 Å².